The third-order valence-corrected chi connectivity index (χ3v) is 4.84. The Morgan fingerprint density at radius 2 is 1.81 bits per heavy atom. The van der Waals surface area contributed by atoms with Crippen molar-refractivity contribution in [3.8, 4) is 5.75 Å². The Morgan fingerprint density at radius 1 is 1.12 bits per heavy atom. The molecule has 4 heteroatoms. The molecule has 0 saturated carbocycles. The zero-order valence-electron chi connectivity index (χ0n) is 15.6. The molecule has 0 aromatic heterocycles. The van der Waals surface area contributed by atoms with Crippen LogP contribution in [-0.4, -0.2) is 25.3 Å². The maximum Gasteiger partial charge on any atom is 0.251 e. The molecule has 0 bridgehead atoms. The number of carbonyl (C=O) groups excluding carboxylic acids is 2. The Labute approximate surface area is 154 Å². The van der Waals surface area contributed by atoms with E-state index in [4.69, 9.17) is 4.74 Å². The lowest BCUT2D eigenvalue weighted by molar-refractivity contribution is -0.114. The lowest BCUT2D eigenvalue weighted by Gasteiger charge is -2.15. The average molecular weight is 349 g/mol. The third-order valence-electron chi connectivity index (χ3n) is 4.84. The van der Waals surface area contributed by atoms with Gasteiger partial charge in [0.25, 0.3) is 5.91 Å². The van der Waals surface area contributed by atoms with Gasteiger partial charge in [-0.2, -0.15) is 0 Å². The van der Waals surface area contributed by atoms with Crippen molar-refractivity contribution in [1.82, 2.24) is 0 Å². The second-order valence-corrected chi connectivity index (χ2v) is 6.65. The quantitative estimate of drug-likeness (QED) is 0.616. The molecule has 0 spiro atoms. The summed E-state index contributed by atoms with van der Waals surface area (Å²) in [6.45, 7) is 6.21. The number of nitrogens with zero attached hydrogens (tertiary/aromatic N) is 1. The summed E-state index contributed by atoms with van der Waals surface area (Å²) in [6, 6.07) is 9.48. The summed E-state index contributed by atoms with van der Waals surface area (Å²) >= 11 is 0. The highest BCUT2D eigenvalue weighted by atomic mass is 16.5. The van der Waals surface area contributed by atoms with Gasteiger partial charge >= 0.3 is 0 Å². The van der Waals surface area contributed by atoms with Crippen LogP contribution in [0.15, 0.2) is 36.4 Å². The molecule has 0 atom stereocenters. The van der Waals surface area contributed by atoms with Crippen LogP contribution in [0.25, 0.3) is 6.08 Å². The van der Waals surface area contributed by atoms with Crippen LogP contribution in [-0.2, 0) is 11.2 Å². The highest BCUT2D eigenvalue weighted by Gasteiger charge is 2.23. The molecule has 3 rings (SSSR count). The molecule has 0 fully saturated rings. The van der Waals surface area contributed by atoms with Crippen LogP contribution in [0.4, 0.5) is 5.69 Å². The number of anilines is 1. The lowest BCUT2D eigenvalue weighted by atomic mass is 10.0. The van der Waals surface area contributed by atoms with Crippen molar-refractivity contribution in [3.63, 3.8) is 0 Å². The van der Waals surface area contributed by atoms with Crippen molar-refractivity contribution < 1.29 is 14.3 Å². The molecule has 0 saturated heterocycles. The van der Waals surface area contributed by atoms with E-state index >= 15 is 0 Å². The second-order valence-electron chi connectivity index (χ2n) is 6.65. The Bertz CT molecular complexity index is 889. The first-order chi connectivity index (χ1) is 12.4. The zero-order chi connectivity index (χ0) is 18.8. The van der Waals surface area contributed by atoms with E-state index in [0.717, 1.165) is 40.1 Å². The van der Waals surface area contributed by atoms with Crippen molar-refractivity contribution in [2.75, 3.05) is 18.6 Å². The number of aryl methyl sites for hydroxylation is 2. The van der Waals surface area contributed by atoms with Crippen LogP contribution < -0.4 is 9.64 Å². The maximum absolute atomic E-state index is 12.7. The van der Waals surface area contributed by atoms with Crippen molar-refractivity contribution in [2.45, 2.75) is 27.2 Å². The van der Waals surface area contributed by atoms with Crippen molar-refractivity contribution in [3.05, 3.63) is 64.2 Å². The first-order valence-corrected chi connectivity index (χ1v) is 8.69. The van der Waals surface area contributed by atoms with E-state index in [1.807, 2.05) is 44.2 Å². The number of ether oxygens (including phenoxy) is 1. The van der Waals surface area contributed by atoms with E-state index in [-0.39, 0.29) is 11.7 Å². The summed E-state index contributed by atoms with van der Waals surface area (Å²) in [5.74, 6) is 0.815. The molecule has 1 aliphatic heterocycles. The number of carbonyl (C=O) groups is 2. The van der Waals surface area contributed by atoms with Gasteiger partial charge in [0.2, 0.25) is 0 Å². The van der Waals surface area contributed by atoms with Gasteiger partial charge in [-0.3, -0.25) is 9.59 Å². The summed E-state index contributed by atoms with van der Waals surface area (Å²) in [6.07, 6.45) is 4.26. The fourth-order valence-corrected chi connectivity index (χ4v) is 3.41. The summed E-state index contributed by atoms with van der Waals surface area (Å²) < 4.78 is 5.28. The molecule has 134 valence electrons. The minimum absolute atomic E-state index is 0.0444. The summed E-state index contributed by atoms with van der Waals surface area (Å²) in [4.78, 5) is 26.0. The predicted octanol–water partition coefficient (Wildman–Crippen LogP) is 4.12. The highest BCUT2D eigenvalue weighted by Crippen LogP contribution is 2.30. The Hall–Kier alpha value is -2.88. The fraction of sp³-hybridized carbons (Fsp3) is 0.273. The van der Waals surface area contributed by atoms with E-state index in [1.54, 1.807) is 31.1 Å². The minimum Gasteiger partial charge on any atom is -0.497 e. The molecule has 4 nitrogen and oxygen atoms in total. The molecule has 1 amide bonds. The fourth-order valence-electron chi connectivity index (χ4n) is 3.41. The van der Waals surface area contributed by atoms with E-state index in [2.05, 4.69) is 0 Å². The van der Waals surface area contributed by atoms with Crippen LogP contribution in [0, 0.1) is 13.8 Å². The first-order valence-electron chi connectivity index (χ1n) is 8.69. The Morgan fingerprint density at radius 3 is 2.42 bits per heavy atom. The molecule has 26 heavy (non-hydrogen) atoms. The molecule has 2 aromatic rings. The predicted molar refractivity (Wildman–Crippen MR) is 104 cm³/mol. The van der Waals surface area contributed by atoms with Crippen molar-refractivity contribution in [1.29, 1.82) is 0 Å². The molecular weight excluding hydrogens is 326 g/mol. The maximum atomic E-state index is 12.7. The Kier molecular flexibility index (Phi) is 4.94. The molecule has 1 heterocycles. The largest absolute Gasteiger partial charge is 0.497 e. The number of amides is 1. The topological polar surface area (TPSA) is 46.6 Å². The van der Waals surface area contributed by atoms with E-state index in [9.17, 15) is 9.59 Å². The smallest absolute Gasteiger partial charge is 0.251 e. The lowest BCUT2D eigenvalue weighted by Crippen LogP contribution is -2.26. The number of methoxy groups -OCH3 is 1. The van der Waals surface area contributed by atoms with Crippen LogP contribution >= 0.6 is 0 Å². The standard InChI is InChI=1S/C22H23NO3/c1-14-11-19(26-4)12-15(2)20(14)6-8-22(25)23-10-9-18-13-17(16(3)24)5-7-21(18)23/h5-8,11-13H,9-10H2,1-4H3/b8-6+. The number of Topliss-reactive ketones (excluding diaryl/α,β-unsaturated/α-hetero) is 1. The van der Waals surface area contributed by atoms with Gasteiger partial charge in [0.15, 0.2) is 5.78 Å². The van der Waals surface area contributed by atoms with Gasteiger partial charge in [-0.1, -0.05) is 0 Å². The van der Waals surface area contributed by atoms with E-state index < -0.39 is 0 Å². The zero-order valence-corrected chi connectivity index (χ0v) is 15.6. The number of hydrogen-bond donors (Lipinski definition) is 0. The van der Waals surface area contributed by atoms with Gasteiger partial charge in [0.05, 0.1) is 7.11 Å². The number of hydrogen-bond acceptors (Lipinski definition) is 3. The van der Waals surface area contributed by atoms with Gasteiger partial charge in [-0.15, -0.1) is 0 Å². The molecule has 0 N–H and O–H groups in total. The molecule has 2 aromatic carbocycles. The summed E-state index contributed by atoms with van der Waals surface area (Å²) in [5, 5.41) is 0. The number of ketones is 1. The monoisotopic (exact) mass is 349 g/mol. The van der Waals surface area contributed by atoms with Gasteiger partial charge in [-0.25, -0.2) is 0 Å². The molecule has 0 radical (unpaired) electrons. The second kappa shape index (κ2) is 7.16. The van der Waals surface area contributed by atoms with Crippen LogP contribution in [0.1, 0.15) is 39.5 Å². The number of rotatable bonds is 4. The first kappa shape index (κ1) is 17.9. The molecule has 1 aliphatic rings. The SMILES string of the molecule is COc1cc(C)c(/C=C/C(=O)N2CCc3cc(C(C)=O)ccc32)c(C)c1. The molecule has 0 aliphatic carbocycles. The van der Waals surface area contributed by atoms with Gasteiger partial charge in [-0.05, 0) is 85.9 Å². The molecular formula is C22H23NO3. The Balaban J connectivity index is 1.83. The summed E-state index contributed by atoms with van der Waals surface area (Å²) in [7, 11) is 1.65. The highest BCUT2D eigenvalue weighted by molar-refractivity contribution is 6.06. The third kappa shape index (κ3) is 3.40. The number of benzene rings is 2. The minimum atomic E-state index is -0.0473. The van der Waals surface area contributed by atoms with E-state index in [1.165, 1.54) is 0 Å². The average Bonchev–Trinajstić information content (AvgIpc) is 3.03. The van der Waals surface area contributed by atoms with Gasteiger partial charge < -0.3 is 9.64 Å². The van der Waals surface area contributed by atoms with Crippen LogP contribution in [0.5, 0.6) is 5.75 Å². The number of fused-ring (bicyclic) bond motifs is 1. The van der Waals surface area contributed by atoms with Crippen LogP contribution in [0.2, 0.25) is 0 Å². The van der Waals surface area contributed by atoms with Gasteiger partial charge in [0.1, 0.15) is 5.75 Å². The van der Waals surface area contributed by atoms with Crippen molar-refractivity contribution in [2.24, 2.45) is 0 Å². The summed E-state index contributed by atoms with van der Waals surface area (Å²) in [5.41, 5.74) is 5.81. The molecule has 0 unspecified atom stereocenters. The van der Waals surface area contributed by atoms with E-state index in [0.29, 0.717) is 12.1 Å². The van der Waals surface area contributed by atoms with Crippen LogP contribution in [0.3, 0.4) is 0 Å². The van der Waals surface area contributed by atoms with Gasteiger partial charge in [0, 0.05) is 23.9 Å². The normalized spacial score (nSPS) is 13.2. The van der Waals surface area contributed by atoms with Crippen molar-refractivity contribution >= 4 is 23.5 Å².